The third kappa shape index (κ3) is 2.59. The molecule has 1 amide bonds. The summed E-state index contributed by atoms with van der Waals surface area (Å²) in [5, 5.41) is 5.04. The first kappa shape index (κ1) is 12.9. The molecule has 3 N–H and O–H groups in total. The Bertz CT molecular complexity index is 642. The molecule has 0 unspecified atom stereocenters. The summed E-state index contributed by atoms with van der Waals surface area (Å²) < 4.78 is 11.0. The van der Waals surface area contributed by atoms with E-state index in [0.717, 1.165) is 17.0 Å². The number of fused-ring (bicyclic) bond motifs is 1. The van der Waals surface area contributed by atoms with Crippen LogP contribution in [0.2, 0.25) is 0 Å². The Kier molecular flexibility index (Phi) is 3.53. The molecule has 7 heteroatoms. The van der Waals surface area contributed by atoms with Crippen molar-refractivity contribution in [1.29, 1.82) is 0 Å². The molecule has 2 aromatic rings. The maximum absolute atomic E-state index is 11.2. The highest BCUT2D eigenvalue weighted by molar-refractivity contribution is 7.14. The molecule has 1 aromatic heterocycles. The molecule has 20 heavy (non-hydrogen) atoms. The summed E-state index contributed by atoms with van der Waals surface area (Å²) in [4.78, 5) is 15.6. The van der Waals surface area contributed by atoms with Crippen LogP contribution < -0.4 is 20.5 Å². The molecule has 0 spiro atoms. The first-order chi connectivity index (χ1) is 9.76. The molecule has 0 saturated carbocycles. The normalized spacial score (nSPS) is 13.1. The van der Waals surface area contributed by atoms with Crippen molar-refractivity contribution in [3.05, 3.63) is 23.6 Å². The molecule has 0 aliphatic carbocycles. The second kappa shape index (κ2) is 5.48. The number of hydrogen-bond acceptors (Lipinski definition) is 6. The number of rotatable bonds is 3. The van der Waals surface area contributed by atoms with Crippen LogP contribution in [0.15, 0.2) is 23.6 Å². The number of nitrogens with two attached hydrogens (primary N) is 1. The maximum atomic E-state index is 11.2. The number of thiazole rings is 1. The fraction of sp³-hybridized carbons (Fsp3) is 0.231. The SMILES string of the molecule is NCC(=O)Nc1nc(-c2ccc3c(c2)OCCO3)cs1. The van der Waals surface area contributed by atoms with Gasteiger partial charge in [-0.05, 0) is 18.2 Å². The lowest BCUT2D eigenvalue weighted by Gasteiger charge is -2.18. The van der Waals surface area contributed by atoms with Crippen molar-refractivity contribution in [3.63, 3.8) is 0 Å². The van der Waals surface area contributed by atoms with Crippen LogP contribution in [0.5, 0.6) is 11.5 Å². The van der Waals surface area contributed by atoms with Crippen LogP contribution in [0.4, 0.5) is 5.13 Å². The van der Waals surface area contributed by atoms with Gasteiger partial charge in [0.1, 0.15) is 13.2 Å². The van der Waals surface area contributed by atoms with Gasteiger partial charge in [-0.15, -0.1) is 11.3 Å². The lowest BCUT2D eigenvalue weighted by Crippen LogP contribution is -2.21. The predicted molar refractivity (Wildman–Crippen MR) is 76.2 cm³/mol. The molecule has 2 heterocycles. The molecular weight excluding hydrogens is 278 g/mol. The summed E-state index contributed by atoms with van der Waals surface area (Å²) in [6.07, 6.45) is 0. The van der Waals surface area contributed by atoms with Crippen LogP contribution in [0, 0.1) is 0 Å². The Labute approximate surface area is 119 Å². The molecule has 6 nitrogen and oxygen atoms in total. The van der Waals surface area contributed by atoms with E-state index in [0.29, 0.717) is 24.1 Å². The second-order valence-corrected chi connectivity index (χ2v) is 5.01. The topological polar surface area (TPSA) is 86.5 Å². The quantitative estimate of drug-likeness (QED) is 0.894. The average Bonchev–Trinajstić information content (AvgIpc) is 2.95. The van der Waals surface area contributed by atoms with Crippen molar-refractivity contribution >= 4 is 22.4 Å². The summed E-state index contributed by atoms with van der Waals surface area (Å²) >= 11 is 1.35. The van der Waals surface area contributed by atoms with Crippen molar-refractivity contribution in [3.8, 4) is 22.8 Å². The number of amides is 1. The summed E-state index contributed by atoms with van der Waals surface area (Å²) in [6.45, 7) is 1.06. The molecule has 0 fully saturated rings. The Morgan fingerprint density at radius 3 is 2.95 bits per heavy atom. The van der Waals surface area contributed by atoms with Crippen LogP contribution in [0.25, 0.3) is 11.3 Å². The number of carbonyl (C=O) groups is 1. The summed E-state index contributed by atoms with van der Waals surface area (Å²) in [7, 11) is 0. The lowest BCUT2D eigenvalue weighted by molar-refractivity contribution is -0.114. The molecule has 104 valence electrons. The third-order valence-electron chi connectivity index (χ3n) is 2.77. The van der Waals surface area contributed by atoms with Crippen LogP contribution in [0.1, 0.15) is 0 Å². The zero-order chi connectivity index (χ0) is 13.9. The molecule has 0 radical (unpaired) electrons. The van der Waals surface area contributed by atoms with Crippen molar-refractivity contribution in [2.24, 2.45) is 5.73 Å². The van der Waals surface area contributed by atoms with E-state index < -0.39 is 0 Å². The number of anilines is 1. The number of aromatic nitrogens is 1. The molecule has 0 saturated heterocycles. The van der Waals surface area contributed by atoms with Gasteiger partial charge in [0, 0.05) is 10.9 Å². The lowest BCUT2D eigenvalue weighted by atomic mass is 10.1. The molecule has 1 aliphatic heterocycles. The Hall–Kier alpha value is -2.12. The van der Waals surface area contributed by atoms with Crippen molar-refractivity contribution in [2.45, 2.75) is 0 Å². The first-order valence-corrected chi connectivity index (χ1v) is 6.99. The number of ether oxygens (including phenoxy) is 2. The van der Waals surface area contributed by atoms with Gasteiger partial charge in [0.05, 0.1) is 12.2 Å². The average molecular weight is 291 g/mol. The van der Waals surface area contributed by atoms with E-state index in [1.807, 2.05) is 23.6 Å². The van der Waals surface area contributed by atoms with E-state index >= 15 is 0 Å². The van der Waals surface area contributed by atoms with Crippen LogP contribution in [-0.2, 0) is 4.79 Å². The number of nitrogens with zero attached hydrogens (tertiary/aromatic N) is 1. The fourth-order valence-corrected chi connectivity index (χ4v) is 2.57. The second-order valence-electron chi connectivity index (χ2n) is 4.15. The van der Waals surface area contributed by atoms with Gasteiger partial charge in [-0.25, -0.2) is 4.98 Å². The van der Waals surface area contributed by atoms with Gasteiger partial charge < -0.3 is 20.5 Å². The Balaban J connectivity index is 1.84. The first-order valence-electron chi connectivity index (χ1n) is 6.12. The zero-order valence-electron chi connectivity index (χ0n) is 10.6. The third-order valence-corrected chi connectivity index (χ3v) is 3.53. The fourth-order valence-electron chi connectivity index (χ4n) is 1.84. The van der Waals surface area contributed by atoms with Crippen LogP contribution >= 0.6 is 11.3 Å². The number of nitrogens with one attached hydrogen (secondary N) is 1. The summed E-state index contributed by atoms with van der Waals surface area (Å²) in [6, 6.07) is 5.66. The van der Waals surface area contributed by atoms with E-state index in [-0.39, 0.29) is 12.5 Å². The van der Waals surface area contributed by atoms with Crippen molar-refractivity contribution < 1.29 is 14.3 Å². The van der Waals surface area contributed by atoms with E-state index in [1.165, 1.54) is 11.3 Å². The maximum Gasteiger partial charge on any atom is 0.239 e. The standard InChI is InChI=1S/C13H13N3O3S/c14-6-12(17)16-13-15-9(7-20-13)8-1-2-10-11(5-8)19-4-3-18-10/h1-2,5,7H,3-4,6,14H2,(H,15,16,17). The monoisotopic (exact) mass is 291 g/mol. The van der Waals surface area contributed by atoms with Crippen LogP contribution in [0.3, 0.4) is 0 Å². The highest BCUT2D eigenvalue weighted by atomic mass is 32.1. The molecule has 0 atom stereocenters. The molecule has 1 aromatic carbocycles. The van der Waals surface area contributed by atoms with Gasteiger partial charge in [-0.3, -0.25) is 4.79 Å². The minimum absolute atomic E-state index is 0.0566. The van der Waals surface area contributed by atoms with Gasteiger partial charge in [-0.2, -0.15) is 0 Å². The predicted octanol–water partition coefficient (Wildman–Crippen LogP) is 1.48. The number of hydrogen-bond donors (Lipinski definition) is 2. The summed E-state index contributed by atoms with van der Waals surface area (Å²) in [5.41, 5.74) is 6.94. The molecular formula is C13H13N3O3S. The largest absolute Gasteiger partial charge is 0.486 e. The van der Waals surface area contributed by atoms with Crippen molar-refractivity contribution in [1.82, 2.24) is 4.98 Å². The Morgan fingerprint density at radius 2 is 2.15 bits per heavy atom. The zero-order valence-corrected chi connectivity index (χ0v) is 11.4. The molecule has 3 rings (SSSR count). The van der Waals surface area contributed by atoms with Crippen molar-refractivity contribution in [2.75, 3.05) is 25.1 Å². The minimum Gasteiger partial charge on any atom is -0.486 e. The van der Waals surface area contributed by atoms with E-state index in [1.54, 1.807) is 0 Å². The molecule has 1 aliphatic rings. The van der Waals surface area contributed by atoms with E-state index in [4.69, 9.17) is 15.2 Å². The highest BCUT2D eigenvalue weighted by Gasteiger charge is 2.14. The van der Waals surface area contributed by atoms with E-state index in [2.05, 4.69) is 10.3 Å². The van der Waals surface area contributed by atoms with Crippen LogP contribution in [-0.4, -0.2) is 30.6 Å². The van der Waals surface area contributed by atoms with Gasteiger partial charge in [0.2, 0.25) is 5.91 Å². The number of benzene rings is 1. The molecule has 0 bridgehead atoms. The number of carbonyl (C=O) groups excluding carboxylic acids is 1. The smallest absolute Gasteiger partial charge is 0.239 e. The summed E-state index contributed by atoms with van der Waals surface area (Å²) in [5.74, 6) is 1.20. The minimum atomic E-state index is -0.256. The van der Waals surface area contributed by atoms with Gasteiger partial charge in [0.15, 0.2) is 16.6 Å². The van der Waals surface area contributed by atoms with E-state index in [9.17, 15) is 4.79 Å². The Morgan fingerprint density at radius 1 is 1.35 bits per heavy atom. The van der Waals surface area contributed by atoms with Gasteiger partial charge in [-0.1, -0.05) is 0 Å². The van der Waals surface area contributed by atoms with Gasteiger partial charge >= 0.3 is 0 Å². The van der Waals surface area contributed by atoms with Gasteiger partial charge in [0.25, 0.3) is 0 Å². The highest BCUT2D eigenvalue weighted by Crippen LogP contribution is 2.35.